The third-order valence-electron chi connectivity index (χ3n) is 2.06. The monoisotopic (exact) mass is 251 g/mol. The van der Waals surface area contributed by atoms with Crippen molar-refractivity contribution in [1.82, 2.24) is 0 Å². The van der Waals surface area contributed by atoms with E-state index in [-0.39, 0.29) is 0 Å². The van der Waals surface area contributed by atoms with Crippen molar-refractivity contribution < 1.29 is 9.47 Å². The van der Waals surface area contributed by atoms with Gasteiger partial charge in [-0.15, -0.1) is 0 Å². The molecule has 0 aliphatic heterocycles. The number of ether oxygens (including phenoxy) is 2. The Balaban J connectivity index is 2.66. The van der Waals surface area contributed by atoms with E-state index in [1.54, 1.807) is 18.2 Å². The normalized spacial score (nSPS) is 9.71. The van der Waals surface area contributed by atoms with E-state index in [1.165, 1.54) is 0 Å². The van der Waals surface area contributed by atoms with Gasteiger partial charge < -0.3 is 9.47 Å². The first-order chi connectivity index (χ1) is 8.31. The lowest BCUT2D eigenvalue weighted by Gasteiger charge is -2.11. The van der Waals surface area contributed by atoms with Gasteiger partial charge in [-0.25, -0.2) is 0 Å². The fourth-order valence-corrected chi connectivity index (χ4v) is 1.81. The first kappa shape index (κ1) is 13.7. The van der Waals surface area contributed by atoms with E-state index < -0.39 is 0 Å². The van der Waals surface area contributed by atoms with Crippen molar-refractivity contribution in [1.29, 1.82) is 5.26 Å². The van der Waals surface area contributed by atoms with Crippen molar-refractivity contribution in [2.45, 2.75) is 13.8 Å². The molecule has 0 aliphatic carbocycles. The van der Waals surface area contributed by atoms with Crippen LogP contribution in [0.2, 0.25) is 0 Å². The average Bonchev–Trinajstić information content (AvgIpc) is 2.36. The van der Waals surface area contributed by atoms with Crippen LogP contribution in [0.3, 0.4) is 0 Å². The highest BCUT2D eigenvalue weighted by molar-refractivity contribution is 7.99. The highest BCUT2D eigenvalue weighted by atomic mass is 32.2. The number of nitriles is 1. The quantitative estimate of drug-likeness (QED) is 0.698. The summed E-state index contributed by atoms with van der Waals surface area (Å²) in [7, 11) is 0. The van der Waals surface area contributed by atoms with Gasteiger partial charge in [-0.1, -0.05) is 6.92 Å². The minimum absolute atomic E-state index is 0.564. The van der Waals surface area contributed by atoms with E-state index in [4.69, 9.17) is 14.7 Å². The van der Waals surface area contributed by atoms with Crippen molar-refractivity contribution in [3.8, 4) is 17.6 Å². The van der Waals surface area contributed by atoms with Crippen molar-refractivity contribution in [3.63, 3.8) is 0 Å². The molecule has 0 bridgehead atoms. The minimum atomic E-state index is 0.564. The van der Waals surface area contributed by atoms with E-state index >= 15 is 0 Å². The number of rotatable bonds is 7. The van der Waals surface area contributed by atoms with Gasteiger partial charge in [0.2, 0.25) is 0 Å². The zero-order chi connectivity index (χ0) is 12.5. The third-order valence-corrected chi connectivity index (χ3v) is 2.93. The average molecular weight is 251 g/mol. The second-order valence-electron chi connectivity index (χ2n) is 3.25. The summed E-state index contributed by atoms with van der Waals surface area (Å²) in [6, 6.07) is 7.34. The standard InChI is InChI=1S/C13H17NO2S/c1-3-15-13-9-11(10-14)5-6-12(13)16-7-8-17-4-2/h5-6,9H,3-4,7-8H2,1-2H3. The van der Waals surface area contributed by atoms with E-state index in [9.17, 15) is 0 Å². The maximum atomic E-state index is 8.82. The van der Waals surface area contributed by atoms with E-state index in [0.717, 1.165) is 11.5 Å². The molecule has 0 aromatic heterocycles. The largest absolute Gasteiger partial charge is 0.490 e. The second-order valence-corrected chi connectivity index (χ2v) is 4.65. The highest BCUT2D eigenvalue weighted by Gasteiger charge is 2.06. The number of hydrogen-bond donors (Lipinski definition) is 0. The van der Waals surface area contributed by atoms with Crippen LogP contribution in [0.15, 0.2) is 18.2 Å². The number of thioether (sulfide) groups is 1. The summed E-state index contributed by atoms with van der Waals surface area (Å²) in [5.74, 6) is 3.41. The zero-order valence-electron chi connectivity index (χ0n) is 10.2. The Hall–Kier alpha value is -1.34. The van der Waals surface area contributed by atoms with Crippen LogP contribution in [0.1, 0.15) is 19.4 Å². The molecule has 0 amide bonds. The molecule has 0 atom stereocenters. The zero-order valence-corrected chi connectivity index (χ0v) is 11.0. The van der Waals surface area contributed by atoms with Gasteiger partial charge in [-0.3, -0.25) is 0 Å². The van der Waals surface area contributed by atoms with Crippen molar-refractivity contribution in [2.75, 3.05) is 24.7 Å². The van der Waals surface area contributed by atoms with Crippen LogP contribution in [0.5, 0.6) is 11.5 Å². The van der Waals surface area contributed by atoms with Gasteiger partial charge in [0.1, 0.15) is 0 Å². The Bertz CT molecular complexity index is 387. The second kappa shape index (κ2) is 7.86. The van der Waals surface area contributed by atoms with Crippen molar-refractivity contribution in [3.05, 3.63) is 23.8 Å². The van der Waals surface area contributed by atoms with E-state index in [1.807, 2.05) is 18.7 Å². The molecule has 0 heterocycles. The van der Waals surface area contributed by atoms with Crippen molar-refractivity contribution >= 4 is 11.8 Å². The van der Waals surface area contributed by atoms with Gasteiger partial charge in [-0.05, 0) is 24.8 Å². The third kappa shape index (κ3) is 4.58. The lowest BCUT2D eigenvalue weighted by molar-refractivity contribution is 0.289. The van der Waals surface area contributed by atoms with Crippen LogP contribution in [0, 0.1) is 11.3 Å². The van der Waals surface area contributed by atoms with Gasteiger partial charge in [-0.2, -0.15) is 17.0 Å². The summed E-state index contributed by atoms with van der Waals surface area (Å²) in [6.45, 7) is 5.26. The van der Waals surface area contributed by atoms with Crippen LogP contribution in [0.4, 0.5) is 0 Å². The lowest BCUT2D eigenvalue weighted by atomic mass is 10.2. The SMILES string of the molecule is CCOc1cc(C#N)ccc1OCCSCC. The Kier molecular flexibility index (Phi) is 6.34. The summed E-state index contributed by atoms with van der Waals surface area (Å²) in [6.07, 6.45) is 0. The topological polar surface area (TPSA) is 42.2 Å². The molecular formula is C13H17NO2S. The number of hydrogen-bond acceptors (Lipinski definition) is 4. The predicted octanol–water partition coefficient (Wildman–Crippen LogP) is 3.09. The summed E-state index contributed by atoms with van der Waals surface area (Å²) in [5.41, 5.74) is 0.587. The van der Waals surface area contributed by atoms with Gasteiger partial charge >= 0.3 is 0 Å². The predicted molar refractivity (Wildman–Crippen MR) is 70.8 cm³/mol. The van der Waals surface area contributed by atoms with Gasteiger partial charge in [0, 0.05) is 11.8 Å². The fourth-order valence-electron chi connectivity index (χ4n) is 1.32. The molecule has 0 saturated heterocycles. The molecule has 0 radical (unpaired) electrons. The maximum Gasteiger partial charge on any atom is 0.162 e. The summed E-state index contributed by atoms with van der Waals surface area (Å²) < 4.78 is 11.1. The number of nitrogens with zero attached hydrogens (tertiary/aromatic N) is 1. The van der Waals surface area contributed by atoms with Gasteiger partial charge in [0.25, 0.3) is 0 Å². The van der Waals surface area contributed by atoms with E-state index in [2.05, 4.69) is 13.0 Å². The molecule has 0 saturated carbocycles. The molecule has 1 aromatic rings. The Morgan fingerprint density at radius 2 is 2.06 bits per heavy atom. The molecule has 0 unspecified atom stereocenters. The first-order valence-electron chi connectivity index (χ1n) is 5.69. The first-order valence-corrected chi connectivity index (χ1v) is 6.84. The molecule has 1 rings (SSSR count). The van der Waals surface area contributed by atoms with Gasteiger partial charge in [0.05, 0.1) is 24.8 Å². The number of benzene rings is 1. The van der Waals surface area contributed by atoms with E-state index in [0.29, 0.717) is 30.3 Å². The van der Waals surface area contributed by atoms with Crippen molar-refractivity contribution in [2.24, 2.45) is 0 Å². The Morgan fingerprint density at radius 1 is 1.24 bits per heavy atom. The Labute approximate surface area is 107 Å². The summed E-state index contributed by atoms with van der Waals surface area (Å²) in [4.78, 5) is 0. The van der Waals surface area contributed by atoms with Crippen LogP contribution in [-0.4, -0.2) is 24.7 Å². The minimum Gasteiger partial charge on any atom is -0.490 e. The molecule has 17 heavy (non-hydrogen) atoms. The smallest absolute Gasteiger partial charge is 0.162 e. The maximum absolute atomic E-state index is 8.82. The molecule has 0 spiro atoms. The molecule has 0 N–H and O–H groups in total. The molecule has 4 heteroatoms. The molecular weight excluding hydrogens is 234 g/mol. The molecule has 0 fully saturated rings. The Morgan fingerprint density at radius 3 is 2.71 bits per heavy atom. The summed E-state index contributed by atoms with van der Waals surface area (Å²) >= 11 is 1.84. The molecule has 3 nitrogen and oxygen atoms in total. The van der Waals surface area contributed by atoms with Crippen LogP contribution in [-0.2, 0) is 0 Å². The van der Waals surface area contributed by atoms with Crippen LogP contribution < -0.4 is 9.47 Å². The highest BCUT2D eigenvalue weighted by Crippen LogP contribution is 2.28. The van der Waals surface area contributed by atoms with Crippen LogP contribution >= 0.6 is 11.8 Å². The molecule has 92 valence electrons. The summed E-state index contributed by atoms with van der Waals surface area (Å²) in [5, 5.41) is 8.82. The van der Waals surface area contributed by atoms with Crippen LogP contribution in [0.25, 0.3) is 0 Å². The molecule has 0 aliphatic rings. The fraction of sp³-hybridized carbons (Fsp3) is 0.462. The molecule has 1 aromatic carbocycles. The lowest BCUT2D eigenvalue weighted by Crippen LogP contribution is -2.03. The van der Waals surface area contributed by atoms with Gasteiger partial charge in [0.15, 0.2) is 11.5 Å².